The van der Waals surface area contributed by atoms with E-state index in [-0.39, 0.29) is 6.10 Å². The zero-order chi connectivity index (χ0) is 19.2. The second-order valence-electron chi connectivity index (χ2n) is 8.42. The van der Waals surface area contributed by atoms with Crippen molar-refractivity contribution in [1.29, 1.82) is 0 Å². The highest BCUT2D eigenvalue weighted by Crippen LogP contribution is 2.46. The minimum Gasteiger partial charge on any atom is -0.459 e. The summed E-state index contributed by atoms with van der Waals surface area (Å²) in [6, 6.07) is 8.40. The van der Waals surface area contributed by atoms with Crippen LogP contribution in [0, 0.1) is 5.92 Å². The summed E-state index contributed by atoms with van der Waals surface area (Å²) < 4.78 is 7.02. The molecular weight excluding hydrogens is 378 g/mol. The minimum absolute atomic E-state index is 0.110. The van der Waals surface area contributed by atoms with Crippen molar-refractivity contribution in [2.75, 3.05) is 14.1 Å². The van der Waals surface area contributed by atoms with Crippen LogP contribution in [-0.2, 0) is 15.1 Å². The molecule has 4 rings (SSSR count). The van der Waals surface area contributed by atoms with Gasteiger partial charge in [0.15, 0.2) is 0 Å². The highest BCUT2D eigenvalue weighted by atomic mass is 32.1. The lowest BCUT2D eigenvalue weighted by Crippen LogP contribution is -2.57. The SMILES string of the molecule is CCC1CC2CC(OC(=O)C(O)(c3cccs3)c3cccs3)CC1[N+]2(C)C. The smallest absolute Gasteiger partial charge is 0.349 e. The Bertz CT molecular complexity index is 750. The van der Waals surface area contributed by atoms with E-state index in [4.69, 9.17) is 4.74 Å². The molecule has 2 saturated heterocycles. The maximum Gasteiger partial charge on any atom is 0.349 e. The van der Waals surface area contributed by atoms with Crippen LogP contribution in [-0.4, -0.2) is 47.8 Å². The third-order valence-corrected chi connectivity index (χ3v) is 8.76. The van der Waals surface area contributed by atoms with Gasteiger partial charge in [-0.15, -0.1) is 22.7 Å². The average Bonchev–Trinajstić information content (AvgIpc) is 3.36. The molecule has 4 atom stereocenters. The van der Waals surface area contributed by atoms with Crippen LogP contribution < -0.4 is 0 Å². The molecule has 4 heterocycles. The van der Waals surface area contributed by atoms with Gasteiger partial charge in [-0.2, -0.15) is 0 Å². The van der Waals surface area contributed by atoms with E-state index in [0.29, 0.717) is 27.8 Å². The van der Waals surface area contributed by atoms with Crippen LogP contribution in [0.3, 0.4) is 0 Å². The van der Waals surface area contributed by atoms with Gasteiger partial charge in [-0.05, 0) is 29.3 Å². The molecule has 0 spiro atoms. The summed E-state index contributed by atoms with van der Waals surface area (Å²) in [5, 5.41) is 15.2. The molecule has 2 aliphatic heterocycles. The highest BCUT2D eigenvalue weighted by Gasteiger charge is 2.55. The van der Waals surface area contributed by atoms with Crippen molar-refractivity contribution >= 4 is 28.6 Å². The molecule has 0 amide bonds. The first-order valence-corrected chi connectivity index (χ1v) is 11.5. The van der Waals surface area contributed by atoms with Crippen molar-refractivity contribution in [2.24, 2.45) is 5.92 Å². The molecule has 0 radical (unpaired) electrons. The summed E-state index contributed by atoms with van der Waals surface area (Å²) in [6.45, 7) is 2.26. The molecule has 1 N–H and O–H groups in total. The van der Waals surface area contributed by atoms with Gasteiger partial charge in [-0.3, -0.25) is 0 Å². The molecule has 4 nitrogen and oxygen atoms in total. The van der Waals surface area contributed by atoms with Gasteiger partial charge in [-0.1, -0.05) is 19.1 Å². The predicted molar refractivity (Wildman–Crippen MR) is 109 cm³/mol. The third kappa shape index (κ3) is 3.07. The number of carbonyl (C=O) groups excluding carboxylic acids is 1. The van der Waals surface area contributed by atoms with Crippen LogP contribution in [0.5, 0.6) is 0 Å². The Morgan fingerprint density at radius 3 is 2.33 bits per heavy atom. The quantitative estimate of drug-likeness (QED) is 0.603. The number of quaternary nitrogens is 1. The molecule has 2 aromatic rings. The third-order valence-electron chi connectivity index (χ3n) is 6.80. The number of carbonyl (C=O) groups is 1. The molecule has 0 saturated carbocycles. The first kappa shape index (κ1) is 19.1. The molecule has 2 fully saturated rings. The van der Waals surface area contributed by atoms with Crippen LogP contribution >= 0.6 is 22.7 Å². The molecule has 27 heavy (non-hydrogen) atoms. The number of hydrogen-bond acceptors (Lipinski definition) is 5. The highest BCUT2D eigenvalue weighted by molar-refractivity contribution is 7.12. The lowest BCUT2D eigenvalue weighted by atomic mass is 9.92. The summed E-state index contributed by atoms with van der Waals surface area (Å²) in [5.41, 5.74) is -1.70. The molecule has 2 aliphatic rings. The number of nitrogens with zero attached hydrogens (tertiary/aromatic N) is 1. The average molecular weight is 407 g/mol. The standard InChI is InChI=1S/C21H28NO3S2/c1-4-14-11-15-12-16(13-17(14)22(15,2)3)25-20(23)21(24,18-7-5-9-26-18)19-8-6-10-27-19/h5-10,14-17,24H,4,11-13H2,1-3H3/q+1. The van der Waals surface area contributed by atoms with Crippen LogP contribution in [0.1, 0.15) is 42.4 Å². The number of fused-ring (bicyclic) bond motifs is 2. The van der Waals surface area contributed by atoms with Crippen molar-refractivity contribution < 1.29 is 19.1 Å². The molecule has 0 aromatic carbocycles. The topological polar surface area (TPSA) is 46.5 Å². The van der Waals surface area contributed by atoms with E-state index in [1.54, 1.807) is 0 Å². The van der Waals surface area contributed by atoms with Gasteiger partial charge >= 0.3 is 5.97 Å². The van der Waals surface area contributed by atoms with Crippen LogP contribution in [0.4, 0.5) is 0 Å². The van der Waals surface area contributed by atoms with E-state index >= 15 is 0 Å². The Morgan fingerprint density at radius 1 is 1.19 bits per heavy atom. The van der Waals surface area contributed by atoms with Crippen LogP contribution in [0.15, 0.2) is 35.0 Å². The van der Waals surface area contributed by atoms with Gasteiger partial charge in [0.1, 0.15) is 6.10 Å². The second-order valence-corrected chi connectivity index (χ2v) is 10.3. The van der Waals surface area contributed by atoms with Crippen molar-refractivity contribution in [3.8, 4) is 0 Å². The van der Waals surface area contributed by atoms with Crippen molar-refractivity contribution in [3.63, 3.8) is 0 Å². The Morgan fingerprint density at radius 2 is 1.81 bits per heavy atom. The van der Waals surface area contributed by atoms with Gasteiger partial charge in [0.25, 0.3) is 0 Å². The lowest BCUT2D eigenvalue weighted by molar-refractivity contribution is -0.933. The summed E-state index contributed by atoms with van der Waals surface area (Å²) >= 11 is 2.78. The monoisotopic (exact) mass is 406 g/mol. The zero-order valence-electron chi connectivity index (χ0n) is 16.1. The van der Waals surface area contributed by atoms with Crippen molar-refractivity contribution in [3.05, 3.63) is 44.8 Å². The van der Waals surface area contributed by atoms with E-state index < -0.39 is 11.6 Å². The van der Waals surface area contributed by atoms with Gasteiger partial charge in [0.05, 0.1) is 35.9 Å². The number of thiophene rings is 2. The molecule has 0 aliphatic carbocycles. The fourth-order valence-electron chi connectivity index (χ4n) is 5.16. The van der Waals surface area contributed by atoms with E-state index in [2.05, 4.69) is 21.0 Å². The largest absolute Gasteiger partial charge is 0.459 e. The van der Waals surface area contributed by atoms with Crippen LogP contribution in [0.2, 0.25) is 0 Å². The molecule has 2 aromatic heterocycles. The molecule has 146 valence electrons. The van der Waals surface area contributed by atoms with E-state index in [0.717, 1.165) is 17.3 Å². The zero-order valence-corrected chi connectivity index (χ0v) is 17.8. The Balaban J connectivity index is 1.57. The molecule has 6 heteroatoms. The maximum atomic E-state index is 13.2. The summed E-state index contributed by atoms with van der Waals surface area (Å²) in [7, 11) is 4.63. The molecule has 2 bridgehead atoms. The van der Waals surface area contributed by atoms with Gasteiger partial charge in [0, 0.05) is 25.2 Å². The Hall–Kier alpha value is -1.21. The first-order chi connectivity index (χ1) is 12.9. The van der Waals surface area contributed by atoms with Gasteiger partial charge < -0.3 is 14.3 Å². The number of piperidine rings is 1. The van der Waals surface area contributed by atoms with E-state index in [9.17, 15) is 9.90 Å². The summed E-state index contributed by atoms with van der Waals surface area (Å²) in [5.74, 6) is 0.166. The maximum absolute atomic E-state index is 13.2. The number of esters is 1. The number of aliphatic hydroxyl groups is 1. The number of rotatable bonds is 5. The predicted octanol–water partition coefficient (Wildman–Crippen LogP) is 3.99. The van der Waals surface area contributed by atoms with E-state index in [1.165, 1.54) is 35.5 Å². The molecule has 4 unspecified atom stereocenters. The number of ether oxygens (including phenoxy) is 1. The lowest BCUT2D eigenvalue weighted by Gasteiger charge is -2.45. The summed E-state index contributed by atoms with van der Waals surface area (Å²) in [6.07, 6.45) is 4.05. The number of hydrogen-bond donors (Lipinski definition) is 1. The fourth-order valence-corrected chi connectivity index (χ4v) is 6.87. The summed E-state index contributed by atoms with van der Waals surface area (Å²) in [4.78, 5) is 14.5. The van der Waals surface area contributed by atoms with Crippen molar-refractivity contribution in [1.82, 2.24) is 0 Å². The fraction of sp³-hybridized carbons (Fsp3) is 0.571. The molecular formula is C21H28NO3S2+. The van der Waals surface area contributed by atoms with Crippen molar-refractivity contribution in [2.45, 2.75) is 56.4 Å². The minimum atomic E-state index is -1.70. The van der Waals surface area contributed by atoms with Gasteiger partial charge in [0.2, 0.25) is 5.60 Å². The Labute approximate surface area is 169 Å². The van der Waals surface area contributed by atoms with E-state index in [1.807, 2.05) is 35.0 Å². The van der Waals surface area contributed by atoms with Gasteiger partial charge in [-0.25, -0.2) is 4.79 Å². The second kappa shape index (κ2) is 6.99. The van der Waals surface area contributed by atoms with Crippen LogP contribution in [0.25, 0.3) is 0 Å². The first-order valence-electron chi connectivity index (χ1n) is 9.72. The normalized spacial score (nSPS) is 29.6. The Kier molecular flexibility index (Phi) is 4.95.